The average Bonchev–Trinajstić information content (AvgIpc) is 3.03. The van der Waals surface area contributed by atoms with Gasteiger partial charge in [0, 0.05) is 18.6 Å². The molecule has 33 heavy (non-hydrogen) atoms. The number of rotatable bonds is 7. The lowest BCUT2D eigenvalue weighted by Gasteiger charge is -2.38. The van der Waals surface area contributed by atoms with E-state index in [0.717, 1.165) is 5.56 Å². The molecule has 1 aliphatic rings. The van der Waals surface area contributed by atoms with E-state index in [1.165, 1.54) is 0 Å². The molecular formula is C26H43NO5Si. The van der Waals surface area contributed by atoms with Crippen LogP contribution in [0.1, 0.15) is 72.9 Å². The molecule has 1 aromatic carbocycles. The second-order valence-corrected chi connectivity index (χ2v) is 16.3. The maximum atomic E-state index is 13.4. The predicted molar refractivity (Wildman–Crippen MR) is 134 cm³/mol. The molecule has 1 heterocycles. The van der Waals surface area contributed by atoms with E-state index in [-0.39, 0.29) is 35.4 Å². The zero-order chi connectivity index (χ0) is 25.0. The van der Waals surface area contributed by atoms with Gasteiger partial charge in [-0.15, -0.1) is 0 Å². The predicted octanol–water partition coefficient (Wildman–Crippen LogP) is 6.33. The minimum Gasteiger partial charge on any atom is -0.466 e. The maximum absolute atomic E-state index is 13.4. The molecule has 1 fully saturated rings. The number of esters is 1. The van der Waals surface area contributed by atoms with Crippen LogP contribution in [-0.4, -0.2) is 50.1 Å². The van der Waals surface area contributed by atoms with Crippen LogP contribution in [0, 0.1) is 5.92 Å². The molecule has 0 N–H and O–H groups in total. The quantitative estimate of drug-likeness (QED) is 0.339. The third-order valence-electron chi connectivity index (χ3n) is 6.63. The van der Waals surface area contributed by atoms with Crippen molar-refractivity contribution < 1.29 is 23.5 Å². The summed E-state index contributed by atoms with van der Waals surface area (Å²) in [6.07, 6.45) is 0.402. The Labute approximate surface area is 201 Å². The second-order valence-electron chi connectivity index (χ2n) is 11.5. The van der Waals surface area contributed by atoms with Crippen molar-refractivity contribution in [1.29, 1.82) is 0 Å². The normalized spacial score (nSPS) is 21.7. The summed E-state index contributed by atoms with van der Waals surface area (Å²) in [6.45, 7) is 19.4. The van der Waals surface area contributed by atoms with E-state index < -0.39 is 20.0 Å². The molecular weight excluding hydrogens is 434 g/mol. The Bertz CT molecular complexity index is 797. The number of hydrogen-bond donors (Lipinski definition) is 0. The first-order chi connectivity index (χ1) is 15.2. The van der Waals surface area contributed by atoms with Gasteiger partial charge in [0.1, 0.15) is 5.60 Å². The minimum atomic E-state index is -1.98. The maximum Gasteiger partial charge on any atom is 0.411 e. The third kappa shape index (κ3) is 7.31. The van der Waals surface area contributed by atoms with Gasteiger partial charge in [0.05, 0.1) is 19.1 Å². The van der Waals surface area contributed by atoms with Crippen LogP contribution in [0.3, 0.4) is 0 Å². The number of ether oxygens (including phenoxy) is 2. The van der Waals surface area contributed by atoms with Gasteiger partial charge in [-0.3, -0.25) is 9.69 Å². The third-order valence-corrected chi connectivity index (χ3v) is 11.1. The largest absolute Gasteiger partial charge is 0.466 e. The van der Waals surface area contributed by atoms with Gasteiger partial charge in [-0.25, -0.2) is 4.79 Å². The van der Waals surface area contributed by atoms with Gasteiger partial charge >= 0.3 is 12.1 Å². The van der Waals surface area contributed by atoms with E-state index in [1.807, 2.05) is 51.1 Å². The van der Waals surface area contributed by atoms with E-state index >= 15 is 0 Å². The van der Waals surface area contributed by atoms with Gasteiger partial charge in [-0.05, 0) is 57.8 Å². The van der Waals surface area contributed by atoms with Gasteiger partial charge in [-0.1, -0.05) is 51.1 Å². The molecule has 186 valence electrons. The van der Waals surface area contributed by atoms with E-state index in [1.54, 1.807) is 11.8 Å². The highest BCUT2D eigenvalue weighted by atomic mass is 28.4. The standard InChI is InChI=1S/C26H43NO5Si/c1-10-30-22(28)17-21-16-20(18-31-33(8,9)26(5,6)7)23(19-14-12-11-13-15-19)27(21)24(29)32-25(2,3)4/h11-15,20-21,23H,10,16-18H2,1-9H3/t20-,21-,23-/m1/s1. The van der Waals surface area contributed by atoms with Crippen LogP contribution in [0.25, 0.3) is 0 Å². The van der Waals surface area contributed by atoms with Crippen LogP contribution in [0.4, 0.5) is 4.79 Å². The molecule has 1 amide bonds. The molecule has 0 saturated carbocycles. The van der Waals surface area contributed by atoms with Crippen LogP contribution < -0.4 is 0 Å². The summed E-state index contributed by atoms with van der Waals surface area (Å²) in [5.74, 6) is -0.248. The van der Waals surface area contributed by atoms with Crippen molar-refractivity contribution in [3.05, 3.63) is 35.9 Å². The molecule has 1 aliphatic heterocycles. The molecule has 0 aliphatic carbocycles. The number of carbonyl (C=O) groups is 2. The lowest BCUT2D eigenvalue weighted by molar-refractivity contribution is -0.144. The molecule has 0 unspecified atom stereocenters. The number of hydrogen-bond acceptors (Lipinski definition) is 5. The van der Waals surface area contributed by atoms with Crippen molar-refractivity contribution in [1.82, 2.24) is 4.90 Å². The molecule has 2 rings (SSSR count). The van der Waals surface area contributed by atoms with E-state index in [2.05, 4.69) is 33.9 Å². The molecule has 0 spiro atoms. The Hall–Kier alpha value is -1.86. The molecule has 6 nitrogen and oxygen atoms in total. The van der Waals surface area contributed by atoms with Crippen LogP contribution in [0.15, 0.2) is 30.3 Å². The molecule has 7 heteroatoms. The Morgan fingerprint density at radius 1 is 1.06 bits per heavy atom. The van der Waals surface area contributed by atoms with Gasteiger partial charge in [0.15, 0.2) is 8.32 Å². The zero-order valence-corrected chi connectivity index (χ0v) is 22.9. The topological polar surface area (TPSA) is 65.1 Å². The zero-order valence-electron chi connectivity index (χ0n) is 21.9. The number of carbonyl (C=O) groups excluding carboxylic acids is 2. The second kappa shape index (κ2) is 10.6. The van der Waals surface area contributed by atoms with Crippen LogP contribution in [-0.2, 0) is 18.7 Å². The summed E-state index contributed by atoms with van der Waals surface area (Å²) >= 11 is 0. The molecule has 1 saturated heterocycles. The minimum absolute atomic E-state index is 0.0495. The van der Waals surface area contributed by atoms with E-state index in [4.69, 9.17) is 13.9 Å². The van der Waals surface area contributed by atoms with Crippen molar-refractivity contribution >= 4 is 20.4 Å². The highest BCUT2D eigenvalue weighted by Crippen LogP contribution is 2.45. The average molecular weight is 478 g/mol. The number of amides is 1. The SMILES string of the molecule is CCOC(=O)C[C@H]1C[C@H](CO[Si](C)(C)C(C)(C)C)[C@@H](c2ccccc2)N1C(=O)OC(C)(C)C. The smallest absolute Gasteiger partial charge is 0.411 e. The highest BCUT2D eigenvalue weighted by Gasteiger charge is 2.48. The lowest BCUT2D eigenvalue weighted by Crippen LogP contribution is -2.44. The summed E-state index contributed by atoms with van der Waals surface area (Å²) in [4.78, 5) is 27.6. The Morgan fingerprint density at radius 3 is 2.18 bits per heavy atom. The van der Waals surface area contributed by atoms with Crippen molar-refractivity contribution in [2.45, 2.75) is 97.1 Å². The number of nitrogens with zero attached hydrogens (tertiary/aromatic N) is 1. The Balaban J connectivity index is 2.42. The summed E-state index contributed by atoms with van der Waals surface area (Å²) in [7, 11) is -1.98. The fourth-order valence-electron chi connectivity index (χ4n) is 3.99. The van der Waals surface area contributed by atoms with Crippen molar-refractivity contribution in [2.75, 3.05) is 13.2 Å². The molecule has 3 atom stereocenters. The van der Waals surface area contributed by atoms with Gasteiger partial charge in [0.25, 0.3) is 0 Å². The van der Waals surface area contributed by atoms with Gasteiger partial charge in [-0.2, -0.15) is 0 Å². The van der Waals surface area contributed by atoms with Crippen LogP contribution >= 0.6 is 0 Å². The molecule has 0 bridgehead atoms. The first kappa shape index (κ1) is 27.4. The molecule has 1 aromatic rings. The fourth-order valence-corrected chi connectivity index (χ4v) is 5.06. The van der Waals surface area contributed by atoms with Crippen molar-refractivity contribution in [3.63, 3.8) is 0 Å². The number of benzene rings is 1. The van der Waals surface area contributed by atoms with E-state index in [9.17, 15) is 9.59 Å². The highest BCUT2D eigenvalue weighted by molar-refractivity contribution is 6.74. The first-order valence-corrected chi connectivity index (χ1v) is 14.9. The monoisotopic (exact) mass is 477 g/mol. The fraction of sp³-hybridized carbons (Fsp3) is 0.692. The summed E-state index contributed by atoms with van der Waals surface area (Å²) in [6, 6.07) is 9.46. The summed E-state index contributed by atoms with van der Waals surface area (Å²) < 4.78 is 17.6. The van der Waals surface area contributed by atoms with Gasteiger partial charge < -0.3 is 13.9 Å². The first-order valence-electron chi connectivity index (χ1n) is 12.0. The van der Waals surface area contributed by atoms with Crippen LogP contribution in [0.2, 0.25) is 18.1 Å². The molecule has 0 radical (unpaired) electrons. The summed E-state index contributed by atoms with van der Waals surface area (Å²) in [5.41, 5.74) is 0.390. The van der Waals surface area contributed by atoms with Crippen LogP contribution in [0.5, 0.6) is 0 Å². The Kier molecular flexibility index (Phi) is 8.79. The number of likely N-dealkylation sites (tertiary alicyclic amines) is 1. The molecule has 0 aromatic heterocycles. The van der Waals surface area contributed by atoms with Crippen molar-refractivity contribution in [3.8, 4) is 0 Å². The Morgan fingerprint density at radius 2 is 1.67 bits per heavy atom. The summed E-state index contributed by atoms with van der Waals surface area (Å²) in [5, 5.41) is 0.0863. The van der Waals surface area contributed by atoms with Crippen molar-refractivity contribution in [2.24, 2.45) is 5.92 Å². The lowest BCUT2D eigenvalue weighted by atomic mass is 9.93. The van der Waals surface area contributed by atoms with E-state index in [0.29, 0.717) is 19.6 Å². The van der Waals surface area contributed by atoms with Gasteiger partial charge in [0.2, 0.25) is 0 Å².